The van der Waals surface area contributed by atoms with Crippen LogP contribution in [0.25, 0.3) is 12.2 Å². The van der Waals surface area contributed by atoms with E-state index in [2.05, 4.69) is 0 Å². The van der Waals surface area contributed by atoms with Crippen molar-refractivity contribution in [3.63, 3.8) is 0 Å². The van der Waals surface area contributed by atoms with Crippen molar-refractivity contribution < 1.29 is 55.1 Å². The number of phenols is 4. The summed E-state index contributed by atoms with van der Waals surface area (Å²) in [6.45, 7) is -0.603. The molecule has 11 heteroatoms. The van der Waals surface area contributed by atoms with Crippen molar-refractivity contribution in [2.24, 2.45) is 0 Å². The highest BCUT2D eigenvalue weighted by Gasteiger charge is 2.44. The second-order valence-electron chi connectivity index (χ2n) is 11.1. The summed E-state index contributed by atoms with van der Waals surface area (Å²) in [7, 11) is 0. The third-order valence-corrected chi connectivity index (χ3v) is 7.91. The molecular weight excluding hydrogens is 584 g/mol. The van der Waals surface area contributed by atoms with Crippen molar-refractivity contribution in [3.8, 4) is 34.5 Å². The number of phenolic OH excluding ortho intramolecular Hbond substituents is 4. The van der Waals surface area contributed by atoms with Crippen LogP contribution in [0.15, 0.2) is 78.9 Å². The monoisotopic (exact) mass is 616 g/mol. The summed E-state index contributed by atoms with van der Waals surface area (Å²) in [4.78, 5) is 0. The van der Waals surface area contributed by atoms with Gasteiger partial charge >= 0.3 is 0 Å². The molecule has 234 valence electrons. The molecule has 2 aliphatic heterocycles. The molecule has 0 aromatic heterocycles. The van der Waals surface area contributed by atoms with Gasteiger partial charge in [-0.05, 0) is 70.8 Å². The number of aliphatic hydroxyl groups excluding tert-OH is 4. The van der Waals surface area contributed by atoms with Crippen LogP contribution in [0.4, 0.5) is 0 Å². The second kappa shape index (κ2) is 12.3. The SMILES string of the molecule is OC[C@@H]1O[C@@H](Oc2cc(O)cc(C=Cc3ccc4c(c3)[C@H](c3cc(O)cc(O)c3)[C@H](c3ccc(O)cc3)O4)c2)[C@@H](O)[C@@H](O)[C@H]1O. The Bertz CT molecular complexity index is 1680. The average molecular weight is 617 g/mol. The number of hydrogen-bond acceptors (Lipinski definition) is 11. The first-order valence-corrected chi connectivity index (χ1v) is 14.2. The average Bonchev–Trinajstić information content (AvgIpc) is 3.39. The predicted octanol–water partition coefficient (Wildman–Crippen LogP) is 3.12. The highest BCUT2D eigenvalue weighted by atomic mass is 16.7. The van der Waals surface area contributed by atoms with Crippen LogP contribution >= 0.6 is 0 Å². The molecule has 0 aliphatic carbocycles. The zero-order valence-corrected chi connectivity index (χ0v) is 23.7. The van der Waals surface area contributed by atoms with E-state index in [0.717, 1.165) is 16.7 Å². The van der Waals surface area contributed by atoms with Gasteiger partial charge in [0.15, 0.2) is 0 Å². The number of hydrogen-bond donors (Lipinski definition) is 8. The summed E-state index contributed by atoms with van der Waals surface area (Å²) >= 11 is 0. The van der Waals surface area contributed by atoms with E-state index in [9.17, 15) is 40.9 Å². The van der Waals surface area contributed by atoms with Crippen molar-refractivity contribution >= 4 is 12.2 Å². The van der Waals surface area contributed by atoms with Gasteiger partial charge in [-0.1, -0.05) is 30.4 Å². The van der Waals surface area contributed by atoms with Crippen LogP contribution in [0, 0.1) is 0 Å². The Balaban J connectivity index is 1.28. The number of benzene rings is 4. The van der Waals surface area contributed by atoms with Gasteiger partial charge < -0.3 is 55.1 Å². The summed E-state index contributed by atoms with van der Waals surface area (Å²) in [5.74, 6) is 0.110. The molecule has 6 rings (SSSR count). The second-order valence-corrected chi connectivity index (χ2v) is 11.1. The molecule has 4 aromatic rings. The minimum absolute atomic E-state index is 0.0930. The van der Waals surface area contributed by atoms with Gasteiger partial charge in [0.25, 0.3) is 0 Å². The van der Waals surface area contributed by atoms with Crippen LogP contribution in [-0.2, 0) is 4.74 Å². The number of aliphatic hydroxyl groups is 4. The zero-order valence-electron chi connectivity index (χ0n) is 23.7. The summed E-state index contributed by atoms with van der Waals surface area (Å²) in [5, 5.41) is 80.5. The molecule has 8 N–H and O–H groups in total. The molecule has 7 atom stereocenters. The predicted molar refractivity (Wildman–Crippen MR) is 161 cm³/mol. The molecule has 1 fully saturated rings. The Morgan fingerprint density at radius 1 is 0.644 bits per heavy atom. The van der Waals surface area contributed by atoms with Gasteiger partial charge in [-0.2, -0.15) is 0 Å². The van der Waals surface area contributed by atoms with Crippen molar-refractivity contribution in [1.82, 2.24) is 0 Å². The fourth-order valence-electron chi connectivity index (χ4n) is 5.73. The topological polar surface area (TPSA) is 190 Å². The molecule has 0 radical (unpaired) electrons. The third kappa shape index (κ3) is 6.25. The number of rotatable bonds is 7. The molecule has 0 saturated carbocycles. The van der Waals surface area contributed by atoms with E-state index >= 15 is 0 Å². The lowest BCUT2D eigenvalue weighted by Crippen LogP contribution is -2.60. The Kier molecular flexibility index (Phi) is 8.28. The van der Waals surface area contributed by atoms with Crippen LogP contribution in [0.1, 0.15) is 39.8 Å². The van der Waals surface area contributed by atoms with Crippen LogP contribution in [0.5, 0.6) is 34.5 Å². The maximum Gasteiger partial charge on any atom is 0.229 e. The van der Waals surface area contributed by atoms with Crippen molar-refractivity contribution in [2.75, 3.05) is 6.61 Å². The van der Waals surface area contributed by atoms with E-state index in [-0.39, 0.29) is 28.7 Å². The first-order chi connectivity index (χ1) is 21.6. The number of ether oxygens (including phenoxy) is 3. The molecule has 45 heavy (non-hydrogen) atoms. The van der Waals surface area contributed by atoms with E-state index in [1.165, 1.54) is 18.2 Å². The molecule has 0 spiro atoms. The lowest BCUT2D eigenvalue weighted by molar-refractivity contribution is -0.277. The van der Waals surface area contributed by atoms with Gasteiger partial charge in [0.2, 0.25) is 6.29 Å². The Hall–Kier alpha value is -4.78. The normalized spacial score (nSPS) is 26.0. The summed E-state index contributed by atoms with van der Waals surface area (Å²) in [6.07, 6.45) is -4.27. The lowest BCUT2D eigenvalue weighted by atomic mass is 9.84. The smallest absolute Gasteiger partial charge is 0.229 e. The summed E-state index contributed by atoms with van der Waals surface area (Å²) < 4.78 is 17.4. The van der Waals surface area contributed by atoms with Gasteiger partial charge in [0, 0.05) is 17.7 Å². The van der Waals surface area contributed by atoms with Gasteiger partial charge in [-0.25, -0.2) is 0 Å². The molecule has 0 unspecified atom stereocenters. The van der Waals surface area contributed by atoms with Crippen LogP contribution in [-0.4, -0.2) is 78.2 Å². The molecule has 11 nitrogen and oxygen atoms in total. The highest BCUT2D eigenvalue weighted by Crippen LogP contribution is 2.51. The molecular formula is C34H32O11. The van der Waals surface area contributed by atoms with E-state index < -0.39 is 49.3 Å². The molecule has 2 aliphatic rings. The van der Waals surface area contributed by atoms with Gasteiger partial charge in [0.1, 0.15) is 65.0 Å². The first kappa shape index (κ1) is 30.3. The van der Waals surface area contributed by atoms with Gasteiger partial charge in [0.05, 0.1) is 12.5 Å². The Morgan fingerprint density at radius 2 is 1.33 bits per heavy atom. The zero-order chi connectivity index (χ0) is 31.8. The van der Waals surface area contributed by atoms with Crippen LogP contribution in [0.2, 0.25) is 0 Å². The minimum Gasteiger partial charge on any atom is -0.508 e. The third-order valence-electron chi connectivity index (χ3n) is 7.91. The Labute approximate surface area is 257 Å². The van der Waals surface area contributed by atoms with E-state index in [4.69, 9.17) is 14.2 Å². The molecule has 4 aromatic carbocycles. The van der Waals surface area contributed by atoms with E-state index in [1.807, 2.05) is 18.2 Å². The molecule has 1 saturated heterocycles. The fourth-order valence-corrected chi connectivity index (χ4v) is 5.73. The van der Waals surface area contributed by atoms with Crippen LogP contribution < -0.4 is 9.47 Å². The molecule has 2 heterocycles. The largest absolute Gasteiger partial charge is 0.508 e. The quantitative estimate of drug-likeness (QED) is 0.142. The standard InChI is InChI=1S/C34H32O11/c35-16-28-30(40)31(41)32(42)34(45-28)43-25-10-18(9-22(37)15-25)2-1-17-3-8-27-26(11-17)29(20-12-23(38)14-24(39)13-20)33(44-27)19-4-6-21(36)7-5-19/h1-15,28-42H,16H2/t28-,29-,30-,31-,32-,33-,34+/m0/s1. The number of aromatic hydroxyl groups is 4. The van der Waals surface area contributed by atoms with Crippen molar-refractivity contribution in [1.29, 1.82) is 0 Å². The summed E-state index contributed by atoms with van der Waals surface area (Å²) in [5.41, 5.74) is 3.54. The Morgan fingerprint density at radius 3 is 2.04 bits per heavy atom. The maximum atomic E-state index is 10.3. The van der Waals surface area contributed by atoms with Gasteiger partial charge in [-0.3, -0.25) is 0 Å². The highest BCUT2D eigenvalue weighted by molar-refractivity contribution is 5.72. The van der Waals surface area contributed by atoms with E-state index in [1.54, 1.807) is 54.6 Å². The number of fused-ring (bicyclic) bond motifs is 1. The molecule has 0 amide bonds. The first-order valence-electron chi connectivity index (χ1n) is 14.2. The van der Waals surface area contributed by atoms with Crippen molar-refractivity contribution in [2.45, 2.75) is 42.7 Å². The van der Waals surface area contributed by atoms with E-state index in [0.29, 0.717) is 16.9 Å². The maximum absolute atomic E-state index is 10.3. The van der Waals surface area contributed by atoms with Gasteiger partial charge in [-0.15, -0.1) is 0 Å². The summed E-state index contributed by atoms with van der Waals surface area (Å²) in [6, 6.07) is 21.0. The fraction of sp³-hybridized carbons (Fsp3) is 0.235. The van der Waals surface area contributed by atoms with Crippen LogP contribution in [0.3, 0.4) is 0 Å². The van der Waals surface area contributed by atoms with Crippen molar-refractivity contribution in [3.05, 3.63) is 107 Å². The molecule has 0 bridgehead atoms. The minimum atomic E-state index is -1.61. The lowest BCUT2D eigenvalue weighted by Gasteiger charge is -2.39.